The molecule has 7 aromatic rings. The SMILES string of the molecule is Cc1cc2c3c(c1)N1c4cc5c(cc4C)C(C)(C)CCC5(C)c4cc5c(cc4C(C)(C)C)C4(C)CCCCC4(C)C5c4ccc(c1c4)B3c1cc3c(cc1N2c1ccc2c(c1)C(C)(C)c1ccccc1-2)C(C)(C)CC3(C)C. The summed E-state index contributed by atoms with van der Waals surface area (Å²) < 4.78 is 0. The third kappa shape index (κ3) is 5.95. The first-order valence-corrected chi connectivity index (χ1v) is 29.9. The van der Waals surface area contributed by atoms with Crippen LogP contribution in [0.4, 0.5) is 34.1 Å². The summed E-state index contributed by atoms with van der Waals surface area (Å²) in [6.07, 6.45) is 8.51. The molecule has 2 nitrogen and oxygen atoms in total. The maximum Gasteiger partial charge on any atom is 0.252 e. The summed E-state index contributed by atoms with van der Waals surface area (Å²) in [7, 11) is 0. The van der Waals surface area contributed by atoms with Crippen LogP contribution < -0.4 is 26.2 Å². The van der Waals surface area contributed by atoms with Gasteiger partial charge in [0.15, 0.2) is 0 Å². The lowest BCUT2D eigenvalue weighted by Gasteiger charge is -2.49. The lowest BCUT2D eigenvalue weighted by molar-refractivity contribution is 0.0923. The van der Waals surface area contributed by atoms with Crippen molar-refractivity contribution in [1.29, 1.82) is 0 Å². The van der Waals surface area contributed by atoms with Crippen molar-refractivity contribution < 1.29 is 0 Å². The molecule has 4 unspecified atom stereocenters. The molecule has 0 aromatic heterocycles. The van der Waals surface area contributed by atoms with Crippen molar-refractivity contribution in [2.24, 2.45) is 5.41 Å². The van der Waals surface area contributed by atoms with Gasteiger partial charge in [0, 0.05) is 50.9 Å². The third-order valence-corrected chi connectivity index (χ3v) is 23.0. The Labute approximate surface area is 462 Å². The van der Waals surface area contributed by atoms with Gasteiger partial charge in [0.05, 0.1) is 0 Å². The average Bonchev–Trinajstić information content (AvgIpc) is 3.98. The van der Waals surface area contributed by atoms with Gasteiger partial charge >= 0.3 is 0 Å². The minimum absolute atomic E-state index is 0.0201. The van der Waals surface area contributed by atoms with E-state index in [-0.39, 0.29) is 56.0 Å². The fraction of sp³-hybridized carbons (Fsp3) is 0.432. The summed E-state index contributed by atoms with van der Waals surface area (Å²) >= 11 is 0. The molecule has 0 saturated heterocycles. The van der Waals surface area contributed by atoms with E-state index in [2.05, 4.69) is 230 Å². The minimum Gasteiger partial charge on any atom is -0.311 e. The molecule has 4 atom stereocenters. The molecule has 0 amide bonds. The molecule has 5 aliphatic carbocycles. The summed E-state index contributed by atoms with van der Waals surface area (Å²) in [6.45, 7) is 40.3. The van der Waals surface area contributed by atoms with Gasteiger partial charge in [-0.25, -0.2) is 0 Å². The second-order valence-electron chi connectivity index (χ2n) is 30.5. The van der Waals surface area contributed by atoms with Crippen LogP contribution in [0.5, 0.6) is 0 Å². The Hall–Kier alpha value is -5.80. The Balaban J connectivity index is 1.07. The fourth-order valence-corrected chi connectivity index (χ4v) is 19.0. The first-order valence-electron chi connectivity index (χ1n) is 29.9. The highest BCUT2D eigenvalue weighted by molar-refractivity contribution is 7.00. The highest BCUT2D eigenvalue weighted by Crippen LogP contribution is 2.69. The first-order chi connectivity index (χ1) is 36.2. The maximum absolute atomic E-state index is 2.83. The normalized spacial score (nSPS) is 26.2. The van der Waals surface area contributed by atoms with Gasteiger partial charge in [0.25, 0.3) is 6.71 Å². The lowest BCUT2D eigenvalue weighted by atomic mass is 9.33. The van der Waals surface area contributed by atoms with Crippen molar-refractivity contribution >= 4 is 57.2 Å². The summed E-state index contributed by atoms with van der Waals surface area (Å²) in [5.41, 5.74) is 34.4. The van der Waals surface area contributed by atoms with Crippen molar-refractivity contribution in [3.63, 3.8) is 0 Å². The van der Waals surface area contributed by atoms with E-state index in [1.54, 1.807) is 22.3 Å². The van der Waals surface area contributed by atoms with Crippen molar-refractivity contribution in [2.45, 2.75) is 200 Å². The lowest BCUT2D eigenvalue weighted by Crippen LogP contribution is -2.61. The van der Waals surface area contributed by atoms with Crippen LogP contribution in [0.2, 0.25) is 0 Å². The number of nitrogens with zero attached hydrogens (tertiary/aromatic N) is 2. The molecule has 0 spiro atoms. The molecule has 1 saturated carbocycles. The molecule has 77 heavy (non-hydrogen) atoms. The number of rotatable bonds is 1. The average molecular weight is 1010 g/mol. The van der Waals surface area contributed by atoms with E-state index in [9.17, 15) is 0 Å². The quantitative estimate of drug-likeness (QED) is 0.151. The minimum atomic E-state index is -0.178. The predicted octanol–water partition coefficient (Wildman–Crippen LogP) is 17.6. The van der Waals surface area contributed by atoms with Crippen LogP contribution in [0, 0.1) is 19.3 Å². The van der Waals surface area contributed by atoms with E-state index in [0.717, 1.165) is 19.3 Å². The number of aryl methyl sites for hydroxylation is 2. The van der Waals surface area contributed by atoms with Gasteiger partial charge in [-0.15, -0.1) is 0 Å². The van der Waals surface area contributed by atoms with Crippen LogP contribution >= 0.6 is 0 Å². The zero-order chi connectivity index (χ0) is 53.8. The molecule has 1 fully saturated rings. The van der Waals surface area contributed by atoms with Crippen LogP contribution in [-0.4, -0.2) is 6.71 Å². The van der Waals surface area contributed by atoms with Gasteiger partial charge < -0.3 is 9.80 Å². The van der Waals surface area contributed by atoms with E-state index in [1.807, 2.05) is 0 Å². The standard InChI is InChI=1S/C74H81BN2/c1-42-31-63-66-64(32-42)77-60-40-57-53(33-43(60)2)68(6,7)29-30-72(57,14)56-36-48-51(37-52(56)67(3,4)5)73(15)27-19-20-28-74(73,16)65(48)44-23-26-58(61(77)34-44)75(66)59-38-54-55(70(10,11)41-69(54,8)9)39-62(59)76(63)45-24-25-47-46-21-17-18-22-49(46)71(12,13)50(47)35-45/h17-18,21-26,31-40,65H,19-20,27-30,41H2,1-16H3. The second-order valence-corrected chi connectivity index (χ2v) is 30.5. The van der Waals surface area contributed by atoms with Gasteiger partial charge in [0.1, 0.15) is 0 Å². The molecule has 3 aliphatic heterocycles. The van der Waals surface area contributed by atoms with E-state index in [0.29, 0.717) is 0 Å². The number of hydrogen-bond donors (Lipinski definition) is 0. The number of benzene rings is 7. The van der Waals surface area contributed by atoms with E-state index < -0.39 is 0 Å². The first kappa shape index (κ1) is 48.3. The Morgan fingerprint density at radius 1 is 0.494 bits per heavy atom. The van der Waals surface area contributed by atoms with Crippen molar-refractivity contribution in [3.05, 3.63) is 182 Å². The summed E-state index contributed by atoms with van der Waals surface area (Å²) in [5.74, 6) is 0.287. The number of fused-ring (bicyclic) bond motifs is 17. The summed E-state index contributed by atoms with van der Waals surface area (Å²) in [4.78, 5) is 5.53. The molecule has 6 bridgehead atoms. The summed E-state index contributed by atoms with van der Waals surface area (Å²) in [5, 5.41) is 0. The monoisotopic (exact) mass is 1010 g/mol. The Kier molecular flexibility index (Phi) is 9.23. The van der Waals surface area contributed by atoms with Crippen molar-refractivity contribution in [1.82, 2.24) is 0 Å². The van der Waals surface area contributed by atoms with Crippen molar-refractivity contribution in [3.8, 4) is 11.1 Å². The van der Waals surface area contributed by atoms with Crippen LogP contribution in [-0.2, 0) is 37.9 Å². The molecule has 7 aromatic carbocycles. The van der Waals surface area contributed by atoms with Crippen LogP contribution in [0.3, 0.4) is 0 Å². The molecular formula is C74H81BN2. The van der Waals surface area contributed by atoms with Crippen molar-refractivity contribution in [2.75, 3.05) is 9.80 Å². The van der Waals surface area contributed by atoms with E-state index >= 15 is 0 Å². The largest absolute Gasteiger partial charge is 0.311 e. The topological polar surface area (TPSA) is 6.48 Å². The van der Waals surface area contributed by atoms with Gasteiger partial charge in [-0.3, -0.25) is 0 Å². The molecule has 0 radical (unpaired) electrons. The van der Waals surface area contributed by atoms with Gasteiger partial charge in [-0.05, 0) is 221 Å². The predicted molar refractivity (Wildman–Crippen MR) is 328 cm³/mol. The summed E-state index contributed by atoms with van der Waals surface area (Å²) in [6, 6.07) is 46.1. The molecule has 8 aliphatic rings. The zero-order valence-electron chi connectivity index (χ0n) is 49.4. The Morgan fingerprint density at radius 3 is 1.91 bits per heavy atom. The zero-order valence-corrected chi connectivity index (χ0v) is 49.4. The van der Waals surface area contributed by atoms with Crippen LogP contribution in [0.1, 0.15) is 220 Å². The van der Waals surface area contributed by atoms with E-state index in [1.165, 1.54) is 137 Å². The highest BCUT2D eigenvalue weighted by Gasteiger charge is 2.60. The highest BCUT2D eigenvalue weighted by atomic mass is 15.2. The van der Waals surface area contributed by atoms with E-state index in [4.69, 9.17) is 0 Å². The number of anilines is 6. The van der Waals surface area contributed by atoms with Crippen LogP contribution in [0.15, 0.2) is 109 Å². The third-order valence-electron chi connectivity index (χ3n) is 23.0. The number of hydrogen-bond acceptors (Lipinski definition) is 2. The fourth-order valence-electron chi connectivity index (χ4n) is 19.0. The van der Waals surface area contributed by atoms with Crippen LogP contribution in [0.25, 0.3) is 11.1 Å². The second kappa shape index (κ2) is 14.7. The van der Waals surface area contributed by atoms with Gasteiger partial charge in [-0.1, -0.05) is 177 Å². The molecule has 390 valence electrons. The molecular weight excluding hydrogens is 928 g/mol. The molecule has 3 heteroatoms. The maximum atomic E-state index is 2.83. The molecule has 0 N–H and O–H groups in total. The Morgan fingerprint density at radius 2 is 1.16 bits per heavy atom. The van der Waals surface area contributed by atoms with Gasteiger partial charge in [0.2, 0.25) is 0 Å². The molecule has 15 rings (SSSR count). The molecule has 3 heterocycles. The van der Waals surface area contributed by atoms with Gasteiger partial charge in [-0.2, -0.15) is 0 Å². The Bertz CT molecular complexity index is 3830. The smallest absolute Gasteiger partial charge is 0.252 e.